The molecule has 0 saturated heterocycles. The summed E-state index contributed by atoms with van der Waals surface area (Å²) in [5, 5.41) is 10.7. The second kappa shape index (κ2) is 3.95. The van der Waals surface area contributed by atoms with E-state index in [1.807, 2.05) is 6.92 Å². The van der Waals surface area contributed by atoms with Crippen LogP contribution in [0.3, 0.4) is 0 Å². The SMILES string of the molecule is CCOC1OCCn2c([N+](=O)[O-])cnc21. The number of hydrogen-bond donors (Lipinski definition) is 0. The minimum Gasteiger partial charge on any atom is -0.358 e. The lowest BCUT2D eigenvalue weighted by Gasteiger charge is -2.20. The highest BCUT2D eigenvalue weighted by molar-refractivity contribution is 5.20. The van der Waals surface area contributed by atoms with Crippen molar-refractivity contribution in [2.45, 2.75) is 19.8 Å². The molecule has 1 aromatic heterocycles. The summed E-state index contributed by atoms with van der Waals surface area (Å²) < 4.78 is 12.1. The van der Waals surface area contributed by atoms with Crippen molar-refractivity contribution in [2.24, 2.45) is 0 Å². The van der Waals surface area contributed by atoms with Gasteiger partial charge in [-0.1, -0.05) is 0 Å². The Kier molecular flexibility index (Phi) is 2.65. The van der Waals surface area contributed by atoms with Crippen LogP contribution in [-0.2, 0) is 16.0 Å². The highest BCUT2D eigenvalue weighted by atomic mass is 16.7. The summed E-state index contributed by atoms with van der Waals surface area (Å²) in [4.78, 5) is 14.2. The van der Waals surface area contributed by atoms with Crippen molar-refractivity contribution >= 4 is 5.82 Å². The molecule has 0 bridgehead atoms. The molecule has 0 saturated carbocycles. The van der Waals surface area contributed by atoms with E-state index in [9.17, 15) is 10.1 Å². The summed E-state index contributed by atoms with van der Waals surface area (Å²) in [5.41, 5.74) is 0. The zero-order valence-corrected chi connectivity index (χ0v) is 8.25. The van der Waals surface area contributed by atoms with E-state index in [1.54, 1.807) is 0 Å². The number of aromatic nitrogens is 2. The molecule has 2 heterocycles. The summed E-state index contributed by atoms with van der Waals surface area (Å²) in [6, 6.07) is 0. The van der Waals surface area contributed by atoms with Crippen LogP contribution in [0.2, 0.25) is 0 Å². The van der Waals surface area contributed by atoms with E-state index in [0.29, 0.717) is 25.6 Å². The average molecular weight is 213 g/mol. The second-order valence-electron chi connectivity index (χ2n) is 3.04. The van der Waals surface area contributed by atoms with Crippen molar-refractivity contribution in [3.63, 3.8) is 0 Å². The van der Waals surface area contributed by atoms with Crippen LogP contribution in [-0.4, -0.2) is 27.7 Å². The molecule has 1 atom stereocenters. The molecule has 7 heteroatoms. The lowest BCUT2D eigenvalue weighted by Crippen LogP contribution is -2.24. The first-order valence-electron chi connectivity index (χ1n) is 4.67. The maximum absolute atomic E-state index is 10.7. The first-order valence-corrected chi connectivity index (χ1v) is 4.67. The Balaban J connectivity index is 2.33. The Hall–Kier alpha value is -1.47. The van der Waals surface area contributed by atoms with Crippen molar-refractivity contribution in [3.05, 3.63) is 22.1 Å². The van der Waals surface area contributed by atoms with E-state index in [1.165, 1.54) is 10.8 Å². The van der Waals surface area contributed by atoms with E-state index in [2.05, 4.69) is 4.98 Å². The zero-order valence-electron chi connectivity index (χ0n) is 8.25. The van der Waals surface area contributed by atoms with Crippen LogP contribution in [0.15, 0.2) is 6.20 Å². The summed E-state index contributed by atoms with van der Waals surface area (Å²) in [6.07, 6.45) is 0.646. The summed E-state index contributed by atoms with van der Waals surface area (Å²) in [5.74, 6) is 0.452. The van der Waals surface area contributed by atoms with Gasteiger partial charge in [-0.15, -0.1) is 0 Å². The van der Waals surface area contributed by atoms with Crippen LogP contribution in [0.5, 0.6) is 0 Å². The van der Waals surface area contributed by atoms with E-state index in [0.717, 1.165) is 0 Å². The van der Waals surface area contributed by atoms with Gasteiger partial charge in [-0.2, -0.15) is 0 Å². The predicted octanol–water partition coefficient (Wildman–Crippen LogP) is 0.857. The van der Waals surface area contributed by atoms with E-state index in [4.69, 9.17) is 9.47 Å². The third-order valence-electron chi connectivity index (χ3n) is 2.17. The Bertz CT molecular complexity index is 376. The minimum atomic E-state index is -0.586. The first-order chi connectivity index (χ1) is 7.24. The van der Waals surface area contributed by atoms with Gasteiger partial charge < -0.3 is 19.6 Å². The van der Waals surface area contributed by atoms with Crippen molar-refractivity contribution in [1.29, 1.82) is 0 Å². The van der Waals surface area contributed by atoms with Crippen molar-refractivity contribution in [1.82, 2.24) is 9.55 Å². The largest absolute Gasteiger partial charge is 0.358 e. The molecule has 82 valence electrons. The van der Waals surface area contributed by atoms with Crippen LogP contribution in [0, 0.1) is 10.1 Å². The van der Waals surface area contributed by atoms with Crippen molar-refractivity contribution in [3.8, 4) is 0 Å². The monoisotopic (exact) mass is 213 g/mol. The second-order valence-corrected chi connectivity index (χ2v) is 3.04. The Morgan fingerprint density at radius 2 is 2.67 bits per heavy atom. The summed E-state index contributed by atoms with van der Waals surface area (Å²) >= 11 is 0. The average Bonchev–Trinajstić information content (AvgIpc) is 2.62. The molecule has 1 aliphatic rings. The number of hydrogen-bond acceptors (Lipinski definition) is 5. The molecule has 0 radical (unpaired) electrons. The van der Waals surface area contributed by atoms with Gasteiger partial charge in [-0.3, -0.25) is 0 Å². The van der Waals surface area contributed by atoms with E-state index in [-0.39, 0.29) is 5.82 Å². The lowest BCUT2D eigenvalue weighted by molar-refractivity contribution is -0.393. The van der Waals surface area contributed by atoms with E-state index < -0.39 is 11.2 Å². The van der Waals surface area contributed by atoms with Gasteiger partial charge in [0.15, 0.2) is 0 Å². The minimum absolute atomic E-state index is 0.0157. The molecule has 7 nitrogen and oxygen atoms in total. The molecule has 0 aromatic carbocycles. The molecule has 1 unspecified atom stereocenters. The molecule has 0 spiro atoms. The van der Waals surface area contributed by atoms with Crippen molar-refractivity contribution < 1.29 is 14.4 Å². The Morgan fingerprint density at radius 1 is 1.87 bits per heavy atom. The molecule has 1 aliphatic heterocycles. The van der Waals surface area contributed by atoms with Crippen LogP contribution in [0.1, 0.15) is 19.0 Å². The smallest absolute Gasteiger partial charge is 0.343 e. The third kappa shape index (κ3) is 1.71. The number of imidazole rings is 1. The highest BCUT2D eigenvalue weighted by Crippen LogP contribution is 2.26. The van der Waals surface area contributed by atoms with Gasteiger partial charge >= 0.3 is 5.82 Å². The molecular formula is C8H11N3O4. The Labute approximate surface area is 85.8 Å². The first kappa shape index (κ1) is 10.1. The fraction of sp³-hybridized carbons (Fsp3) is 0.625. The van der Waals surface area contributed by atoms with Gasteiger partial charge in [0.25, 0.3) is 5.82 Å². The normalized spacial score (nSPS) is 19.9. The predicted molar refractivity (Wildman–Crippen MR) is 49.2 cm³/mol. The van der Waals surface area contributed by atoms with Gasteiger partial charge in [0.2, 0.25) is 6.29 Å². The van der Waals surface area contributed by atoms with Gasteiger partial charge in [0.05, 0.1) is 6.61 Å². The standard InChI is InChI=1S/C8H11N3O4/c1-2-14-8-7-9-5-6(11(12)13)10(7)3-4-15-8/h5,8H,2-4H2,1H3. The summed E-state index contributed by atoms with van der Waals surface area (Å²) in [7, 11) is 0. The topological polar surface area (TPSA) is 79.4 Å². The number of nitrogens with zero attached hydrogens (tertiary/aromatic N) is 3. The maximum Gasteiger partial charge on any atom is 0.343 e. The van der Waals surface area contributed by atoms with Gasteiger partial charge in [-0.25, -0.2) is 9.55 Å². The van der Waals surface area contributed by atoms with Crippen LogP contribution in [0.25, 0.3) is 0 Å². The molecule has 0 aliphatic carbocycles. The summed E-state index contributed by atoms with van der Waals surface area (Å²) in [6.45, 7) is 3.15. The molecule has 1 aromatic rings. The number of rotatable bonds is 3. The molecule has 15 heavy (non-hydrogen) atoms. The third-order valence-corrected chi connectivity index (χ3v) is 2.17. The zero-order chi connectivity index (χ0) is 10.8. The molecule has 0 N–H and O–H groups in total. The van der Waals surface area contributed by atoms with Crippen LogP contribution < -0.4 is 0 Å². The fourth-order valence-corrected chi connectivity index (χ4v) is 1.54. The maximum atomic E-state index is 10.7. The number of ether oxygens (including phenoxy) is 2. The number of nitro groups is 1. The molecule has 0 fully saturated rings. The Morgan fingerprint density at radius 3 is 3.33 bits per heavy atom. The lowest BCUT2D eigenvalue weighted by atomic mass is 10.4. The molecule has 2 rings (SSSR count). The highest BCUT2D eigenvalue weighted by Gasteiger charge is 2.31. The quantitative estimate of drug-likeness (QED) is 0.549. The molecular weight excluding hydrogens is 202 g/mol. The van der Waals surface area contributed by atoms with Gasteiger partial charge in [0.1, 0.15) is 12.7 Å². The number of fused-ring (bicyclic) bond motifs is 1. The van der Waals surface area contributed by atoms with E-state index >= 15 is 0 Å². The fourth-order valence-electron chi connectivity index (χ4n) is 1.54. The van der Waals surface area contributed by atoms with Gasteiger partial charge in [-0.05, 0) is 11.8 Å². The molecule has 0 amide bonds. The van der Waals surface area contributed by atoms with Crippen LogP contribution in [0.4, 0.5) is 5.82 Å². The van der Waals surface area contributed by atoms with Crippen LogP contribution >= 0.6 is 0 Å². The van der Waals surface area contributed by atoms with Gasteiger partial charge in [0, 0.05) is 6.61 Å². The van der Waals surface area contributed by atoms with Crippen molar-refractivity contribution in [2.75, 3.05) is 13.2 Å².